The van der Waals surface area contributed by atoms with E-state index in [0.29, 0.717) is 49.7 Å². The zero-order valence-electron chi connectivity index (χ0n) is 19.2. The Morgan fingerprint density at radius 2 is 1.92 bits per heavy atom. The fourth-order valence-corrected chi connectivity index (χ4v) is 6.97. The van der Waals surface area contributed by atoms with Crippen LogP contribution in [0.15, 0.2) is 35.1 Å². The van der Waals surface area contributed by atoms with Gasteiger partial charge in [-0.2, -0.15) is 0 Å². The van der Waals surface area contributed by atoms with Crippen LogP contribution in [0.25, 0.3) is 27.6 Å². The minimum Gasteiger partial charge on any atom is -0.478 e. The van der Waals surface area contributed by atoms with Gasteiger partial charge in [-0.05, 0) is 42.7 Å². The Labute approximate surface area is 224 Å². The Morgan fingerprint density at radius 1 is 1.19 bits per heavy atom. The number of carboxylic acid groups (broad SMARTS) is 1. The second kappa shape index (κ2) is 8.51. The van der Waals surface area contributed by atoms with Crippen molar-refractivity contribution in [2.75, 3.05) is 18.0 Å². The van der Waals surface area contributed by atoms with Gasteiger partial charge in [-0.25, -0.2) is 14.2 Å². The standard InChI is InChI=1S/C26H19Cl2FN4O3S/c27-17-7-30-8-18(28)21(17)22-14(24(36-32-22)11-1-2-11)4-3-13-15-9-33(10-16(13)15)26-31-23-19(29)5-12(25(34)35)6-20(23)37-26/h3-8,11,13,15-16H,1-2,9-10H2,(H,34,35). The Morgan fingerprint density at radius 3 is 2.59 bits per heavy atom. The summed E-state index contributed by atoms with van der Waals surface area (Å²) in [6.45, 7) is 1.64. The molecule has 0 spiro atoms. The molecule has 37 heavy (non-hydrogen) atoms. The third-order valence-corrected chi connectivity index (χ3v) is 9.13. The second-order valence-corrected chi connectivity index (χ2v) is 11.7. The summed E-state index contributed by atoms with van der Waals surface area (Å²) in [6, 6.07) is 2.51. The van der Waals surface area contributed by atoms with Gasteiger partial charge in [-0.3, -0.25) is 4.98 Å². The van der Waals surface area contributed by atoms with Gasteiger partial charge < -0.3 is 14.5 Å². The number of halogens is 3. The van der Waals surface area contributed by atoms with Crippen molar-refractivity contribution >= 4 is 61.9 Å². The van der Waals surface area contributed by atoms with Gasteiger partial charge in [0.05, 0.1) is 20.3 Å². The number of thiazole rings is 1. The summed E-state index contributed by atoms with van der Waals surface area (Å²) in [5.41, 5.74) is 2.35. The summed E-state index contributed by atoms with van der Waals surface area (Å²) < 4.78 is 20.7. The SMILES string of the molecule is O=C(O)c1cc(F)c2nc(N3CC4C(C=Cc5c(-c6c(Cl)cncc6Cl)noc5C5CC5)C4C3)sc2c1. The van der Waals surface area contributed by atoms with Gasteiger partial charge in [0, 0.05) is 42.5 Å². The molecule has 2 aliphatic carbocycles. The molecule has 1 aliphatic heterocycles. The number of allylic oxidation sites excluding steroid dienone is 1. The van der Waals surface area contributed by atoms with E-state index in [4.69, 9.17) is 27.7 Å². The van der Waals surface area contributed by atoms with Crippen molar-refractivity contribution < 1.29 is 18.8 Å². The second-order valence-electron chi connectivity index (χ2n) is 9.84. The van der Waals surface area contributed by atoms with Crippen molar-refractivity contribution in [3.05, 3.63) is 63.4 Å². The number of anilines is 1. The molecule has 3 aliphatic rings. The van der Waals surface area contributed by atoms with E-state index in [1.54, 1.807) is 12.4 Å². The predicted molar refractivity (Wildman–Crippen MR) is 140 cm³/mol. The maximum Gasteiger partial charge on any atom is 0.335 e. The monoisotopic (exact) mass is 556 g/mol. The average Bonchev–Trinajstić information content (AvgIpc) is 3.62. The normalized spacial score (nSPS) is 22.8. The molecule has 2 saturated carbocycles. The van der Waals surface area contributed by atoms with E-state index < -0.39 is 11.8 Å². The van der Waals surface area contributed by atoms with Crippen molar-refractivity contribution in [1.29, 1.82) is 0 Å². The molecule has 1 aromatic carbocycles. The lowest BCUT2D eigenvalue weighted by Crippen LogP contribution is -2.23. The first-order chi connectivity index (χ1) is 17.9. The highest BCUT2D eigenvalue weighted by Crippen LogP contribution is 2.55. The summed E-state index contributed by atoms with van der Waals surface area (Å²) in [5.74, 6) is 0.858. The number of pyridine rings is 1. The molecule has 1 saturated heterocycles. The fourth-order valence-electron chi connectivity index (χ4n) is 5.39. The van der Waals surface area contributed by atoms with Crippen LogP contribution >= 0.6 is 34.5 Å². The molecule has 0 amide bonds. The van der Waals surface area contributed by atoms with Crippen LogP contribution < -0.4 is 4.90 Å². The minimum absolute atomic E-state index is 0.0670. The predicted octanol–water partition coefficient (Wildman–Crippen LogP) is 6.76. The van der Waals surface area contributed by atoms with Crippen LogP contribution in [0, 0.1) is 23.6 Å². The van der Waals surface area contributed by atoms with Crippen LogP contribution in [0.1, 0.15) is 40.4 Å². The first kappa shape index (κ1) is 23.1. The lowest BCUT2D eigenvalue weighted by atomic mass is 10.0. The zero-order valence-corrected chi connectivity index (χ0v) is 21.5. The number of rotatable bonds is 6. The Hall–Kier alpha value is -3.01. The van der Waals surface area contributed by atoms with E-state index in [1.807, 2.05) is 0 Å². The minimum atomic E-state index is -1.15. The summed E-state index contributed by atoms with van der Waals surface area (Å²) in [4.78, 5) is 21.9. The van der Waals surface area contributed by atoms with Crippen LogP contribution in [-0.2, 0) is 0 Å². The number of aromatic nitrogens is 3. The van der Waals surface area contributed by atoms with Gasteiger partial charge in [0.15, 0.2) is 10.9 Å². The fraction of sp³-hybridized carbons (Fsp3) is 0.308. The van der Waals surface area contributed by atoms with Crippen molar-refractivity contribution in [2.24, 2.45) is 17.8 Å². The maximum absolute atomic E-state index is 14.4. The number of carbonyl (C=O) groups is 1. The number of carboxylic acids is 1. The summed E-state index contributed by atoms with van der Waals surface area (Å²) in [5, 5.41) is 15.1. The Bertz CT molecular complexity index is 1580. The van der Waals surface area contributed by atoms with E-state index in [0.717, 1.165) is 48.5 Å². The molecule has 4 aromatic rings. The van der Waals surface area contributed by atoms with E-state index in [2.05, 4.69) is 32.2 Å². The van der Waals surface area contributed by atoms with E-state index in [1.165, 1.54) is 17.4 Å². The quantitative estimate of drug-likeness (QED) is 0.280. The Kier molecular flexibility index (Phi) is 5.32. The number of aromatic carboxylic acids is 1. The molecule has 7 nitrogen and oxygen atoms in total. The van der Waals surface area contributed by atoms with Gasteiger partial charge in [-0.1, -0.05) is 51.8 Å². The third-order valence-electron chi connectivity index (χ3n) is 7.49. The number of benzene rings is 1. The molecule has 1 N–H and O–H groups in total. The lowest BCUT2D eigenvalue weighted by Gasteiger charge is -2.17. The first-order valence-electron chi connectivity index (χ1n) is 11.9. The molecule has 2 atom stereocenters. The van der Waals surface area contributed by atoms with Crippen LogP contribution in [0.4, 0.5) is 9.52 Å². The largest absolute Gasteiger partial charge is 0.478 e. The van der Waals surface area contributed by atoms with Gasteiger partial charge in [-0.15, -0.1) is 0 Å². The molecular weight excluding hydrogens is 538 g/mol. The molecular formula is C26H19Cl2FN4O3S. The van der Waals surface area contributed by atoms with Crippen molar-refractivity contribution in [1.82, 2.24) is 15.1 Å². The highest BCUT2D eigenvalue weighted by Gasteiger charge is 2.54. The van der Waals surface area contributed by atoms with Crippen molar-refractivity contribution in [2.45, 2.75) is 18.8 Å². The molecule has 7 rings (SSSR count). The zero-order chi connectivity index (χ0) is 25.4. The van der Waals surface area contributed by atoms with Crippen LogP contribution in [0.5, 0.6) is 0 Å². The average molecular weight is 557 g/mol. The van der Waals surface area contributed by atoms with Gasteiger partial charge in [0.2, 0.25) is 0 Å². The highest BCUT2D eigenvalue weighted by atomic mass is 35.5. The number of nitrogens with zero attached hydrogens (tertiary/aromatic N) is 4. The molecule has 0 radical (unpaired) electrons. The maximum atomic E-state index is 14.4. The third kappa shape index (κ3) is 3.91. The van der Waals surface area contributed by atoms with Crippen LogP contribution in [0.3, 0.4) is 0 Å². The molecule has 2 unspecified atom stereocenters. The van der Waals surface area contributed by atoms with Crippen LogP contribution in [0.2, 0.25) is 10.0 Å². The number of fused-ring (bicyclic) bond motifs is 2. The first-order valence-corrected chi connectivity index (χ1v) is 13.5. The highest BCUT2D eigenvalue weighted by molar-refractivity contribution is 7.22. The van der Waals surface area contributed by atoms with Crippen molar-refractivity contribution in [3.8, 4) is 11.3 Å². The molecule has 0 bridgehead atoms. The smallest absolute Gasteiger partial charge is 0.335 e. The van der Waals surface area contributed by atoms with Crippen molar-refractivity contribution in [3.63, 3.8) is 0 Å². The molecule has 3 fully saturated rings. The topological polar surface area (TPSA) is 92.3 Å². The summed E-state index contributed by atoms with van der Waals surface area (Å²) in [6.07, 6.45) is 9.59. The number of hydrogen-bond acceptors (Lipinski definition) is 7. The summed E-state index contributed by atoms with van der Waals surface area (Å²) >= 11 is 14.2. The summed E-state index contributed by atoms with van der Waals surface area (Å²) in [7, 11) is 0. The van der Waals surface area contributed by atoms with E-state index in [-0.39, 0.29) is 11.1 Å². The molecule has 4 heterocycles. The lowest BCUT2D eigenvalue weighted by molar-refractivity contribution is 0.0696. The molecule has 11 heteroatoms. The Balaban J connectivity index is 1.11. The van der Waals surface area contributed by atoms with Gasteiger partial charge in [0.1, 0.15) is 17.0 Å². The van der Waals surface area contributed by atoms with Crippen LogP contribution in [-0.4, -0.2) is 39.3 Å². The number of hydrogen-bond donors (Lipinski definition) is 1. The van der Waals surface area contributed by atoms with E-state index in [9.17, 15) is 14.3 Å². The molecule has 188 valence electrons. The number of piperidine rings is 1. The van der Waals surface area contributed by atoms with Gasteiger partial charge in [0.25, 0.3) is 0 Å². The van der Waals surface area contributed by atoms with E-state index >= 15 is 0 Å². The van der Waals surface area contributed by atoms with Gasteiger partial charge >= 0.3 is 5.97 Å². The molecule has 3 aromatic heterocycles.